The highest BCUT2D eigenvalue weighted by Gasteiger charge is 2.28. The van der Waals surface area contributed by atoms with Gasteiger partial charge in [-0.2, -0.15) is 0 Å². The molecule has 1 saturated heterocycles. The third-order valence-electron chi connectivity index (χ3n) is 7.39. The van der Waals surface area contributed by atoms with Crippen LogP contribution in [0.25, 0.3) is 11.4 Å². The summed E-state index contributed by atoms with van der Waals surface area (Å²) < 4.78 is 36.7. The van der Waals surface area contributed by atoms with Gasteiger partial charge < -0.3 is 9.30 Å². The largest absolute Gasteiger partial charge is 0.489 e. The Kier molecular flexibility index (Phi) is 7.19. The molecule has 1 N–H and O–H groups in total. The first-order valence-corrected chi connectivity index (χ1v) is 13.5. The van der Waals surface area contributed by atoms with Gasteiger partial charge in [0, 0.05) is 45.2 Å². The molecule has 0 aliphatic carbocycles. The van der Waals surface area contributed by atoms with Gasteiger partial charge in [-0.25, -0.2) is 18.6 Å². The van der Waals surface area contributed by atoms with Crippen LogP contribution in [0.5, 0.6) is 5.75 Å². The first kappa shape index (κ1) is 26.9. The van der Waals surface area contributed by atoms with Crippen molar-refractivity contribution in [3.63, 3.8) is 0 Å². The van der Waals surface area contributed by atoms with Crippen molar-refractivity contribution >= 4 is 29.4 Å². The lowest BCUT2D eigenvalue weighted by Crippen LogP contribution is -2.50. The Hall–Kier alpha value is -4.28. The summed E-state index contributed by atoms with van der Waals surface area (Å²) in [4.78, 5) is 31.8. The van der Waals surface area contributed by atoms with E-state index in [2.05, 4.69) is 15.2 Å². The van der Waals surface area contributed by atoms with Crippen LogP contribution in [0.2, 0.25) is 5.02 Å². The SMILES string of the molecule is Cn1c(N2CCC(=O)NC2=O)cnc1-c1cc2c(cc1F)CN(Cc1ccc(OCc3c(F)cccc3Cl)cc1)C2. The lowest BCUT2D eigenvalue weighted by atomic mass is 10.1. The average molecular weight is 578 g/mol. The van der Waals surface area contributed by atoms with Crippen LogP contribution in [0.4, 0.5) is 19.4 Å². The fourth-order valence-electron chi connectivity index (χ4n) is 5.23. The van der Waals surface area contributed by atoms with Crippen molar-refractivity contribution in [3.8, 4) is 17.1 Å². The molecule has 0 atom stereocenters. The van der Waals surface area contributed by atoms with E-state index in [1.54, 1.807) is 29.8 Å². The van der Waals surface area contributed by atoms with Gasteiger partial charge in [-0.15, -0.1) is 0 Å². The minimum Gasteiger partial charge on any atom is -0.489 e. The predicted octanol–water partition coefficient (Wildman–Crippen LogP) is 5.56. The molecule has 0 saturated carbocycles. The minimum atomic E-state index is -0.519. The maximum Gasteiger partial charge on any atom is 0.329 e. The number of nitrogens with zero attached hydrogens (tertiary/aromatic N) is 4. The number of carbonyl (C=O) groups excluding carboxylic acids is 2. The normalized spacial score (nSPS) is 15.3. The Morgan fingerprint density at radius 3 is 2.51 bits per heavy atom. The van der Waals surface area contributed by atoms with Crippen LogP contribution in [0.15, 0.2) is 60.8 Å². The molecule has 4 aromatic rings. The van der Waals surface area contributed by atoms with E-state index < -0.39 is 11.8 Å². The zero-order chi connectivity index (χ0) is 28.7. The van der Waals surface area contributed by atoms with Gasteiger partial charge in [0.05, 0.1) is 16.8 Å². The Labute approximate surface area is 240 Å². The van der Waals surface area contributed by atoms with Gasteiger partial charge in [0.25, 0.3) is 0 Å². The van der Waals surface area contributed by atoms with E-state index in [1.807, 2.05) is 30.3 Å². The molecule has 41 heavy (non-hydrogen) atoms. The number of hydrogen-bond donors (Lipinski definition) is 1. The molecule has 3 aromatic carbocycles. The fraction of sp³-hybridized carbons (Fsp3) is 0.233. The molecule has 1 fully saturated rings. The molecule has 6 rings (SSSR count). The molecule has 0 unspecified atom stereocenters. The zero-order valence-corrected chi connectivity index (χ0v) is 22.9. The molecule has 2 aliphatic heterocycles. The Morgan fingerprint density at radius 2 is 1.78 bits per heavy atom. The van der Waals surface area contributed by atoms with Gasteiger partial charge in [-0.3, -0.25) is 19.9 Å². The maximum absolute atomic E-state index is 15.3. The number of aromatic nitrogens is 2. The van der Waals surface area contributed by atoms with Crippen LogP contribution in [-0.2, 0) is 38.1 Å². The first-order valence-electron chi connectivity index (χ1n) is 13.1. The number of imide groups is 1. The van der Waals surface area contributed by atoms with Crippen molar-refractivity contribution in [1.82, 2.24) is 19.8 Å². The second kappa shape index (κ2) is 10.9. The number of benzene rings is 3. The highest BCUT2D eigenvalue weighted by atomic mass is 35.5. The fourth-order valence-corrected chi connectivity index (χ4v) is 5.45. The number of ether oxygens (including phenoxy) is 1. The highest BCUT2D eigenvalue weighted by Crippen LogP contribution is 2.33. The summed E-state index contributed by atoms with van der Waals surface area (Å²) in [6.45, 7) is 2.16. The minimum absolute atomic E-state index is 0.0303. The molecular weight excluding hydrogens is 552 g/mol. The lowest BCUT2D eigenvalue weighted by Gasteiger charge is -2.26. The van der Waals surface area contributed by atoms with Crippen LogP contribution in [0.3, 0.4) is 0 Å². The predicted molar refractivity (Wildman–Crippen MR) is 149 cm³/mol. The zero-order valence-electron chi connectivity index (χ0n) is 22.2. The van der Waals surface area contributed by atoms with E-state index in [9.17, 15) is 14.0 Å². The van der Waals surface area contributed by atoms with Gasteiger partial charge >= 0.3 is 6.03 Å². The molecule has 210 valence electrons. The van der Waals surface area contributed by atoms with E-state index in [1.165, 1.54) is 17.2 Å². The summed E-state index contributed by atoms with van der Waals surface area (Å²) in [7, 11) is 1.72. The van der Waals surface area contributed by atoms with Crippen LogP contribution >= 0.6 is 11.6 Å². The number of amides is 3. The van der Waals surface area contributed by atoms with Gasteiger partial charge in [0.1, 0.15) is 35.6 Å². The first-order chi connectivity index (χ1) is 19.8. The third-order valence-corrected chi connectivity index (χ3v) is 7.74. The van der Waals surface area contributed by atoms with Gasteiger partial charge in [-0.05, 0) is 53.1 Å². The summed E-state index contributed by atoms with van der Waals surface area (Å²) in [5, 5.41) is 2.62. The topological polar surface area (TPSA) is 79.7 Å². The third kappa shape index (κ3) is 5.40. The number of imidazole rings is 1. The van der Waals surface area contributed by atoms with Crippen molar-refractivity contribution in [2.24, 2.45) is 7.05 Å². The maximum atomic E-state index is 15.3. The molecule has 0 bridgehead atoms. The lowest BCUT2D eigenvalue weighted by molar-refractivity contribution is -0.120. The van der Waals surface area contributed by atoms with Crippen LogP contribution in [0.1, 0.15) is 28.7 Å². The monoisotopic (exact) mass is 577 g/mol. The number of rotatable bonds is 7. The molecule has 1 aromatic heterocycles. The van der Waals surface area contributed by atoms with Crippen molar-refractivity contribution in [2.75, 3.05) is 11.4 Å². The van der Waals surface area contributed by atoms with Gasteiger partial charge in [0.2, 0.25) is 5.91 Å². The Bertz CT molecular complexity index is 1640. The summed E-state index contributed by atoms with van der Waals surface area (Å²) in [6.07, 6.45) is 1.70. The van der Waals surface area contributed by atoms with E-state index in [4.69, 9.17) is 16.3 Å². The van der Waals surface area contributed by atoms with Gasteiger partial charge in [0.15, 0.2) is 0 Å². The van der Waals surface area contributed by atoms with Crippen molar-refractivity contribution in [1.29, 1.82) is 0 Å². The van der Waals surface area contributed by atoms with Crippen LogP contribution < -0.4 is 15.0 Å². The van der Waals surface area contributed by atoms with E-state index >= 15 is 4.39 Å². The highest BCUT2D eigenvalue weighted by molar-refractivity contribution is 6.31. The number of halogens is 3. The quantitative estimate of drug-likeness (QED) is 0.311. The van der Waals surface area contributed by atoms with E-state index in [-0.39, 0.29) is 31.3 Å². The van der Waals surface area contributed by atoms with Crippen LogP contribution in [-0.4, -0.2) is 32.9 Å². The van der Waals surface area contributed by atoms with Crippen molar-refractivity contribution < 1.29 is 23.1 Å². The van der Waals surface area contributed by atoms with Crippen molar-refractivity contribution in [3.05, 3.63) is 99.7 Å². The van der Waals surface area contributed by atoms with E-state index in [0.29, 0.717) is 53.2 Å². The standard InChI is InChI=1S/C30H26ClF2N5O3/c1-36-28(38-10-9-27(39)35-30(38)40)13-34-29(36)22-11-19-15-37(16-20(19)12-26(22)33)14-18-5-7-21(8-6-18)41-17-23-24(31)3-2-4-25(23)32/h2-8,11-13H,9-10,14-17H2,1H3,(H,35,39,40). The molecule has 0 radical (unpaired) electrons. The number of carbonyl (C=O) groups is 2. The second-order valence-corrected chi connectivity index (χ2v) is 10.5. The molecule has 3 heterocycles. The average Bonchev–Trinajstić information content (AvgIpc) is 3.50. The number of urea groups is 1. The Balaban J connectivity index is 1.12. The summed E-state index contributed by atoms with van der Waals surface area (Å²) in [5.41, 5.74) is 3.64. The molecule has 3 amide bonds. The molecule has 8 nitrogen and oxygen atoms in total. The number of hydrogen-bond acceptors (Lipinski definition) is 5. The number of fused-ring (bicyclic) bond motifs is 1. The second-order valence-electron chi connectivity index (χ2n) is 10.1. The Morgan fingerprint density at radius 1 is 1.02 bits per heavy atom. The summed E-state index contributed by atoms with van der Waals surface area (Å²) in [6, 6.07) is 15.0. The molecule has 2 aliphatic rings. The molecular formula is C30H26ClF2N5O3. The smallest absolute Gasteiger partial charge is 0.329 e. The van der Waals surface area contributed by atoms with Crippen LogP contribution in [0, 0.1) is 11.6 Å². The number of nitrogens with one attached hydrogen (secondary N) is 1. The number of anilines is 1. The van der Waals surface area contributed by atoms with Crippen molar-refractivity contribution in [2.45, 2.75) is 32.7 Å². The summed E-state index contributed by atoms with van der Waals surface area (Å²) >= 11 is 6.08. The molecule has 0 spiro atoms. The van der Waals surface area contributed by atoms with Gasteiger partial charge in [-0.1, -0.05) is 29.8 Å². The summed E-state index contributed by atoms with van der Waals surface area (Å²) in [5.74, 6) is 0.370. The van der Waals surface area contributed by atoms with E-state index in [0.717, 1.165) is 16.7 Å². The molecule has 11 heteroatoms.